The normalized spacial score (nSPS) is 28.8. The van der Waals surface area contributed by atoms with Crippen LogP contribution < -0.4 is 10.6 Å². The first-order chi connectivity index (χ1) is 13.1. The fourth-order valence-corrected chi connectivity index (χ4v) is 5.24. The van der Waals surface area contributed by atoms with E-state index in [1.165, 1.54) is 19.3 Å². The van der Waals surface area contributed by atoms with Gasteiger partial charge in [-0.2, -0.15) is 0 Å². The van der Waals surface area contributed by atoms with Gasteiger partial charge in [-0.05, 0) is 50.5 Å². The first-order valence-corrected chi connectivity index (χ1v) is 10.6. The summed E-state index contributed by atoms with van der Waals surface area (Å²) in [6, 6.07) is 10.1. The van der Waals surface area contributed by atoms with Gasteiger partial charge in [-0.15, -0.1) is 0 Å². The maximum Gasteiger partial charge on any atom is 0.318 e. The molecule has 1 aromatic rings. The van der Waals surface area contributed by atoms with E-state index in [0.717, 1.165) is 37.7 Å². The van der Waals surface area contributed by atoms with Gasteiger partial charge in [-0.25, -0.2) is 4.79 Å². The standard InChI is InChI=1S/C22H31N3O2/c1-15(16-8-4-2-5-9-16)23-21(26)20-17-12-13-19(14-17)25(20)22(27)24-18-10-6-3-7-11-18/h2,4-5,8-9,15,17-20H,3,6-7,10-14H2,1H3,(H,23,26)(H,24,27)/t15-,17-,19-,20+/m0/s1. The molecule has 1 saturated heterocycles. The Labute approximate surface area is 161 Å². The number of hydrogen-bond acceptors (Lipinski definition) is 2. The van der Waals surface area contributed by atoms with Crippen molar-refractivity contribution < 1.29 is 9.59 Å². The van der Waals surface area contributed by atoms with E-state index in [9.17, 15) is 9.59 Å². The monoisotopic (exact) mass is 369 g/mol. The number of fused-ring (bicyclic) bond motifs is 2. The van der Waals surface area contributed by atoms with Crippen molar-refractivity contribution in [2.75, 3.05) is 0 Å². The van der Waals surface area contributed by atoms with Crippen LogP contribution in [-0.2, 0) is 4.79 Å². The van der Waals surface area contributed by atoms with Gasteiger partial charge in [-0.1, -0.05) is 49.6 Å². The van der Waals surface area contributed by atoms with Crippen LogP contribution in [0.25, 0.3) is 0 Å². The first kappa shape index (κ1) is 18.3. The second-order valence-electron chi connectivity index (χ2n) is 8.50. The molecule has 4 rings (SSSR count). The van der Waals surface area contributed by atoms with E-state index in [4.69, 9.17) is 0 Å². The van der Waals surface area contributed by atoms with Gasteiger partial charge >= 0.3 is 6.03 Å². The second-order valence-corrected chi connectivity index (χ2v) is 8.50. The van der Waals surface area contributed by atoms with Crippen molar-refractivity contribution in [3.63, 3.8) is 0 Å². The van der Waals surface area contributed by atoms with E-state index < -0.39 is 0 Å². The molecule has 2 aliphatic carbocycles. The van der Waals surface area contributed by atoms with Crippen LogP contribution >= 0.6 is 0 Å². The molecule has 1 aliphatic heterocycles. The zero-order valence-electron chi connectivity index (χ0n) is 16.2. The summed E-state index contributed by atoms with van der Waals surface area (Å²) < 4.78 is 0. The molecule has 0 spiro atoms. The van der Waals surface area contributed by atoms with Gasteiger partial charge in [-0.3, -0.25) is 4.79 Å². The number of likely N-dealkylation sites (tertiary alicyclic amines) is 1. The maximum atomic E-state index is 13.1. The van der Waals surface area contributed by atoms with Crippen molar-refractivity contribution in [3.8, 4) is 0 Å². The molecule has 3 amide bonds. The van der Waals surface area contributed by atoms with E-state index in [1.54, 1.807) is 0 Å². The quantitative estimate of drug-likeness (QED) is 0.849. The van der Waals surface area contributed by atoms with Crippen molar-refractivity contribution in [1.29, 1.82) is 0 Å². The third-order valence-corrected chi connectivity index (χ3v) is 6.68. The topological polar surface area (TPSA) is 61.4 Å². The zero-order valence-corrected chi connectivity index (χ0v) is 16.2. The Balaban J connectivity index is 1.43. The Kier molecular flexibility index (Phi) is 5.37. The fourth-order valence-electron chi connectivity index (χ4n) is 5.24. The molecule has 3 aliphatic rings. The highest BCUT2D eigenvalue weighted by molar-refractivity contribution is 5.89. The molecule has 0 unspecified atom stereocenters. The van der Waals surface area contributed by atoms with Gasteiger partial charge in [0, 0.05) is 12.1 Å². The molecule has 5 heteroatoms. The Morgan fingerprint density at radius 3 is 2.52 bits per heavy atom. The van der Waals surface area contributed by atoms with Gasteiger partial charge < -0.3 is 15.5 Å². The van der Waals surface area contributed by atoms with Gasteiger partial charge in [0.15, 0.2) is 0 Å². The van der Waals surface area contributed by atoms with Crippen LogP contribution in [-0.4, -0.2) is 35.0 Å². The molecule has 0 aromatic heterocycles. The molecule has 0 radical (unpaired) electrons. The summed E-state index contributed by atoms with van der Waals surface area (Å²) in [5, 5.41) is 6.37. The van der Waals surface area contributed by atoms with E-state index in [-0.39, 0.29) is 36.1 Å². The fraction of sp³-hybridized carbons (Fsp3) is 0.636. The number of nitrogens with one attached hydrogen (secondary N) is 2. The lowest BCUT2D eigenvalue weighted by Gasteiger charge is -2.36. The molecule has 4 atom stereocenters. The minimum Gasteiger partial charge on any atom is -0.348 e. The molecule has 1 heterocycles. The highest BCUT2D eigenvalue weighted by atomic mass is 16.2. The minimum absolute atomic E-state index is 0.00246. The van der Waals surface area contributed by atoms with Gasteiger partial charge in [0.1, 0.15) is 6.04 Å². The predicted molar refractivity (Wildman–Crippen MR) is 105 cm³/mol. The lowest BCUT2D eigenvalue weighted by Crippen LogP contribution is -2.57. The van der Waals surface area contributed by atoms with Crippen molar-refractivity contribution >= 4 is 11.9 Å². The third-order valence-electron chi connectivity index (χ3n) is 6.68. The Hall–Kier alpha value is -2.04. The highest BCUT2D eigenvalue weighted by Crippen LogP contribution is 2.42. The second kappa shape index (κ2) is 7.91. The van der Waals surface area contributed by atoms with Crippen LogP contribution in [0.3, 0.4) is 0 Å². The van der Waals surface area contributed by atoms with Crippen molar-refractivity contribution in [2.45, 2.75) is 82.5 Å². The first-order valence-electron chi connectivity index (χ1n) is 10.6. The minimum atomic E-state index is -0.321. The van der Waals surface area contributed by atoms with E-state index >= 15 is 0 Å². The number of rotatable bonds is 4. The molecular formula is C22H31N3O2. The molecule has 1 aromatic carbocycles. The maximum absolute atomic E-state index is 13.1. The molecular weight excluding hydrogens is 338 g/mol. The van der Waals surface area contributed by atoms with Crippen LogP contribution in [0.4, 0.5) is 4.79 Å². The summed E-state index contributed by atoms with van der Waals surface area (Å²) >= 11 is 0. The third kappa shape index (κ3) is 3.83. The summed E-state index contributed by atoms with van der Waals surface area (Å²) in [5.74, 6) is 0.299. The zero-order chi connectivity index (χ0) is 18.8. The molecule has 2 bridgehead atoms. The van der Waals surface area contributed by atoms with Crippen LogP contribution in [0.15, 0.2) is 30.3 Å². The number of benzene rings is 1. The Morgan fingerprint density at radius 2 is 1.78 bits per heavy atom. The van der Waals surface area contributed by atoms with Gasteiger partial charge in [0.2, 0.25) is 5.91 Å². The largest absolute Gasteiger partial charge is 0.348 e. The molecule has 3 fully saturated rings. The van der Waals surface area contributed by atoms with E-state index in [2.05, 4.69) is 10.6 Å². The van der Waals surface area contributed by atoms with Crippen LogP contribution in [0, 0.1) is 5.92 Å². The van der Waals surface area contributed by atoms with Crippen LogP contribution in [0.5, 0.6) is 0 Å². The highest BCUT2D eigenvalue weighted by Gasteiger charge is 2.51. The molecule has 2 N–H and O–H groups in total. The summed E-state index contributed by atoms with van der Waals surface area (Å²) in [4.78, 5) is 28.0. The number of carbonyl (C=O) groups is 2. The summed E-state index contributed by atoms with van der Waals surface area (Å²) in [6.45, 7) is 2.01. The number of piperidine rings is 1. The summed E-state index contributed by atoms with van der Waals surface area (Å²) in [6.07, 6.45) is 8.83. The van der Waals surface area contributed by atoms with Gasteiger partial charge in [0.05, 0.1) is 6.04 Å². The number of hydrogen-bond donors (Lipinski definition) is 2. The number of nitrogens with zero attached hydrogens (tertiary/aromatic N) is 1. The summed E-state index contributed by atoms with van der Waals surface area (Å²) in [7, 11) is 0. The number of amides is 3. The smallest absolute Gasteiger partial charge is 0.318 e. The van der Waals surface area contributed by atoms with E-state index in [1.807, 2.05) is 42.2 Å². The van der Waals surface area contributed by atoms with Crippen LogP contribution in [0.1, 0.15) is 69.9 Å². The average Bonchev–Trinajstić information content (AvgIpc) is 3.31. The Morgan fingerprint density at radius 1 is 1.04 bits per heavy atom. The number of urea groups is 1. The molecule has 146 valence electrons. The van der Waals surface area contributed by atoms with Crippen molar-refractivity contribution in [3.05, 3.63) is 35.9 Å². The SMILES string of the molecule is C[C@H](NC(=O)[C@H]1[C@H]2CC[C@@H](C2)N1C(=O)NC1CCCCC1)c1ccccc1. The average molecular weight is 370 g/mol. The lowest BCUT2D eigenvalue weighted by atomic mass is 9.95. The molecule has 5 nitrogen and oxygen atoms in total. The number of carbonyl (C=O) groups excluding carboxylic acids is 2. The van der Waals surface area contributed by atoms with Gasteiger partial charge in [0.25, 0.3) is 0 Å². The van der Waals surface area contributed by atoms with Crippen molar-refractivity contribution in [1.82, 2.24) is 15.5 Å². The van der Waals surface area contributed by atoms with Crippen LogP contribution in [0.2, 0.25) is 0 Å². The lowest BCUT2D eigenvalue weighted by molar-refractivity contribution is -0.127. The van der Waals surface area contributed by atoms with E-state index in [0.29, 0.717) is 5.92 Å². The Bertz CT molecular complexity index is 671. The summed E-state index contributed by atoms with van der Waals surface area (Å²) in [5.41, 5.74) is 1.09. The van der Waals surface area contributed by atoms with Crippen molar-refractivity contribution in [2.24, 2.45) is 5.92 Å². The molecule has 2 saturated carbocycles. The predicted octanol–water partition coefficient (Wildman–Crippen LogP) is 3.76. The molecule has 27 heavy (non-hydrogen) atoms.